The van der Waals surface area contributed by atoms with E-state index in [2.05, 4.69) is 74.1 Å². The van der Waals surface area contributed by atoms with E-state index in [-0.39, 0.29) is 6.73 Å². The summed E-state index contributed by atoms with van der Waals surface area (Å²) in [6.45, 7) is 7.89. The standard InChI is InChI=1S/C29H36N6O2/c1-30-19-26(29-9-12-32-33-29)20-31-22-37-28-8-7-24-17-23(5-6-25(24)18-28)21-35-14-10-27(11-15-35)34(2)13-3-4-16-36/h5-9,12,16-20,27H,1,3-4,10-11,13-15,21-22H2,2H3,(H,32,33)/b26-19+,31-20-. The molecule has 0 atom stereocenters. The molecule has 0 radical (unpaired) electrons. The van der Waals surface area contributed by atoms with Crippen molar-refractivity contribution >= 4 is 35.6 Å². The molecule has 0 spiro atoms. The highest BCUT2D eigenvalue weighted by atomic mass is 16.5. The van der Waals surface area contributed by atoms with Crippen molar-refractivity contribution in [3.05, 3.63) is 66.1 Å². The summed E-state index contributed by atoms with van der Waals surface area (Å²) in [6, 6.07) is 15.3. The van der Waals surface area contributed by atoms with Gasteiger partial charge < -0.3 is 14.4 Å². The van der Waals surface area contributed by atoms with E-state index in [0.717, 1.165) is 61.3 Å². The van der Waals surface area contributed by atoms with Crippen molar-refractivity contribution in [3.63, 3.8) is 0 Å². The van der Waals surface area contributed by atoms with Crippen molar-refractivity contribution in [1.29, 1.82) is 0 Å². The van der Waals surface area contributed by atoms with Crippen LogP contribution in [0.15, 0.2) is 64.8 Å². The average Bonchev–Trinajstić information content (AvgIpc) is 3.46. The van der Waals surface area contributed by atoms with Gasteiger partial charge in [0.1, 0.15) is 12.0 Å². The summed E-state index contributed by atoms with van der Waals surface area (Å²) < 4.78 is 5.85. The van der Waals surface area contributed by atoms with E-state index in [1.54, 1.807) is 18.6 Å². The lowest BCUT2D eigenvalue weighted by atomic mass is 10.0. The summed E-state index contributed by atoms with van der Waals surface area (Å²) in [4.78, 5) is 23.7. The van der Waals surface area contributed by atoms with Crippen molar-refractivity contribution in [2.45, 2.75) is 38.3 Å². The van der Waals surface area contributed by atoms with Crippen molar-refractivity contribution in [3.8, 4) is 5.75 Å². The van der Waals surface area contributed by atoms with Crippen molar-refractivity contribution < 1.29 is 9.53 Å². The molecule has 1 fully saturated rings. The minimum absolute atomic E-state index is 0.203. The largest absolute Gasteiger partial charge is 0.471 e. The third-order valence-electron chi connectivity index (χ3n) is 6.87. The number of carbonyl (C=O) groups excluding carboxylic acids is 1. The first-order chi connectivity index (χ1) is 18.2. The number of benzene rings is 2. The molecule has 1 aromatic heterocycles. The highest BCUT2D eigenvalue weighted by molar-refractivity contribution is 6.08. The molecule has 1 aliphatic rings. The van der Waals surface area contributed by atoms with E-state index >= 15 is 0 Å². The maximum absolute atomic E-state index is 10.6. The second kappa shape index (κ2) is 13.6. The number of unbranched alkanes of at least 4 members (excludes halogenated alkanes) is 1. The number of rotatable bonds is 13. The van der Waals surface area contributed by atoms with Gasteiger partial charge in [-0.25, -0.2) is 0 Å². The van der Waals surface area contributed by atoms with Crippen molar-refractivity contribution in [2.75, 3.05) is 33.4 Å². The SMILES string of the molecule is C=N/C=C(\C=N/COc1ccc2cc(CN3CCC(N(C)CCCC=O)CC3)ccc2c1)c1ccn[nH]1. The molecule has 8 heteroatoms. The molecule has 4 rings (SSSR count). The summed E-state index contributed by atoms with van der Waals surface area (Å²) >= 11 is 0. The monoisotopic (exact) mass is 500 g/mol. The zero-order valence-electron chi connectivity index (χ0n) is 21.6. The lowest BCUT2D eigenvalue weighted by Crippen LogP contribution is -2.43. The van der Waals surface area contributed by atoms with E-state index < -0.39 is 0 Å². The maximum atomic E-state index is 10.6. The Bertz CT molecular complexity index is 1210. The summed E-state index contributed by atoms with van der Waals surface area (Å²) in [5.41, 5.74) is 2.94. The van der Waals surface area contributed by atoms with Gasteiger partial charge in [0, 0.05) is 43.2 Å². The Morgan fingerprint density at radius 3 is 2.78 bits per heavy atom. The number of likely N-dealkylation sites (tertiary alicyclic amines) is 1. The number of H-pyrrole nitrogens is 1. The number of nitrogens with zero attached hydrogens (tertiary/aromatic N) is 5. The Morgan fingerprint density at radius 2 is 2.03 bits per heavy atom. The molecule has 37 heavy (non-hydrogen) atoms. The van der Waals surface area contributed by atoms with Crippen LogP contribution in [0.3, 0.4) is 0 Å². The Kier molecular flexibility index (Phi) is 9.74. The minimum atomic E-state index is 0.203. The molecule has 1 aliphatic heterocycles. The van der Waals surface area contributed by atoms with Gasteiger partial charge in [0.2, 0.25) is 0 Å². The zero-order chi connectivity index (χ0) is 25.9. The smallest absolute Gasteiger partial charge is 0.179 e. The number of fused-ring (bicyclic) bond motifs is 1. The van der Waals surface area contributed by atoms with Crippen LogP contribution in [-0.2, 0) is 11.3 Å². The van der Waals surface area contributed by atoms with Gasteiger partial charge in [-0.1, -0.05) is 18.2 Å². The van der Waals surface area contributed by atoms with Gasteiger partial charge in [-0.2, -0.15) is 5.10 Å². The predicted molar refractivity (Wildman–Crippen MR) is 150 cm³/mol. The number of aromatic nitrogens is 2. The first-order valence-electron chi connectivity index (χ1n) is 12.8. The number of hydrogen-bond donors (Lipinski definition) is 1. The fourth-order valence-corrected chi connectivity index (χ4v) is 4.78. The number of ether oxygens (including phenoxy) is 1. The van der Waals surface area contributed by atoms with Gasteiger partial charge in [-0.15, -0.1) is 0 Å². The van der Waals surface area contributed by atoms with Crippen LogP contribution in [0.2, 0.25) is 0 Å². The molecule has 1 N–H and O–H groups in total. The lowest BCUT2D eigenvalue weighted by Gasteiger charge is -2.36. The van der Waals surface area contributed by atoms with Gasteiger partial charge >= 0.3 is 0 Å². The third kappa shape index (κ3) is 7.68. The molecule has 194 valence electrons. The van der Waals surface area contributed by atoms with Crippen LogP contribution in [0, 0.1) is 0 Å². The second-order valence-corrected chi connectivity index (χ2v) is 9.46. The van der Waals surface area contributed by atoms with E-state index in [0.29, 0.717) is 12.5 Å². The van der Waals surface area contributed by atoms with Crippen LogP contribution in [-0.4, -0.2) is 78.7 Å². The zero-order valence-corrected chi connectivity index (χ0v) is 21.6. The average molecular weight is 501 g/mol. The molecule has 2 heterocycles. The summed E-state index contributed by atoms with van der Waals surface area (Å²) in [6.07, 6.45) is 9.99. The van der Waals surface area contributed by atoms with Gasteiger partial charge in [-0.3, -0.25) is 20.0 Å². The van der Waals surface area contributed by atoms with E-state index in [9.17, 15) is 4.79 Å². The molecule has 0 bridgehead atoms. The Hall–Kier alpha value is -3.62. The van der Waals surface area contributed by atoms with E-state index in [1.165, 1.54) is 23.8 Å². The Balaban J connectivity index is 1.27. The van der Waals surface area contributed by atoms with Crippen LogP contribution in [0.25, 0.3) is 16.3 Å². The Morgan fingerprint density at radius 1 is 1.22 bits per heavy atom. The summed E-state index contributed by atoms with van der Waals surface area (Å²) in [5, 5.41) is 9.20. The molecule has 0 aliphatic carbocycles. The fourth-order valence-electron chi connectivity index (χ4n) is 4.78. The van der Waals surface area contributed by atoms with Crippen LogP contribution in [0.5, 0.6) is 5.75 Å². The summed E-state index contributed by atoms with van der Waals surface area (Å²) in [5.74, 6) is 0.783. The molecule has 1 saturated heterocycles. The Labute approximate surface area is 218 Å². The third-order valence-corrected chi connectivity index (χ3v) is 6.87. The summed E-state index contributed by atoms with van der Waals surface area (Å²) in [7, 11) is 2.19. The minimum Gasteiger partial charge on any atom is -0.471 e. The molecule has 3 aromatic rings. The quantitative estimate of drug-likeness (QED) is 0.211. The number of nitrogens with one attached hydrogen (secondary N) is 1. The molecule has 0 unspecified atom stereocenters. The van der Waals surface area contributed by atoms with E-state index in [1.807, 2.05) is 12.1 Å². The highest BCUT2D eigenvalue weighted by Gasteiger charge is 2.22. The van der Waals surface area contributed by atoms with Crippen LogP contribution < -0.4 is 4.74 Å². The van der Waals surface area contributed by atoms with E-state index in [4.69, 9.17) is 4.74 Å². The molecule has 0 amide bonds. The first-order valence-corrected chi connectivity index (χ1v) is 12.8. The number of piperidine rings is 1. The number of carbonyl (C=O) groups is 1. The number of hydrogen-bond acceptors (Lipinski definition) is 7. The molecular formula is C29H36N6O2. The first kappa shape index (κ1) is 26.4. The number of allylic oxidation sites excluding steroid dienone is 1. The van der Waals surface area contributed by atoms with Crippen molar-refractivity contribution in [2.24, 2.45) is 9.98 Å². The number of aliphatic imine (C=N–C) groups is 2. The number of aldehydes is 1. The fraction of sp³-hybridized carbons (Fsp3) is 0.379. The predicted octanol–water partition coefficient (Wildman–Crippen LogP) is 4.59. The van der Waals surface area contributed by atoms with Gasteiger partial charge in [-0.05, 0) is 93.3 Å². The normalized spacial score (nSPS) is 15.6. The molecular weight excluding hydrogens is 464 g/mol. The van der Waals surface area contributed by atoms with Crippen LogP contribution in [0.4, 0.5) is 0 Å². The molecule has 2 aromatic carbocycles. The van der Waals surface area contributed by atoms with Crippen LogP contribution >= 0.6 is 0 Å². The van der Waals surface area contributed by atoms with Crippen LogP contribution in [0.1, 0.15) is 36.9 Å². The molecule has 0 saturated carbocycles. The van der Waals surface area contributed by atoms with Gasteiger partial charge in [0.05, 0.1) is 5.69 Å². The lowest BCUT2D eigenvalue weighted by molar-refractivity contribution is -0.108. The van der Waals surface area contributed by atoms with Gasteiger partial charge in [0.15, 0.2) is 6.73 Å². The highest BCUT2D eigenvalue weighted by Crippen LogP contribution is 2.24. The second-order valence-electron chi connectivity index (χ2n) is 9.46. The number of aromatic amines is 1. The molecule has 8 nitrogen and oxygen atoms in total. The van der Waals surface area contributed by atoms with Gasteiger partial charge in [0.25, 0.3) is 0 Å². The topological polar surface area (TPSA) is 86.2 Å². The maximum Gasteiger partial charge on any atom is 0.179 e. The van der Waals surface area contributed by atoms with Crippen molar-refractivity contribution in [1.82, 2.24) is 20.0 Å².